The number of anilines is 1. The Balaban J connectivity index is 1.67. The van der Waals surface area contributed by atoms with Gasteiger partial charge < -0.3 is 18.6 Å². The Morgan fingerprint density at radius 3 is 2.31 bits per heavy atom. The number of hydrogen-bond donors (Lipinski definition) is 0. The number of rotatable bonds is 13. The van der Waals surface area contributed by atoms with E-state index in [0.717, 1.165) is 0 Å². The predicted octanol–water partition coefficient (Wildman–Crippen LogP) is 4.68. The highest BCUT2D eigenvalue weighted by Crippen LogP contribution is 2.39. The maximum Gasteiger partial charge on any atom is 0.260 e. The van der Waals surface area contributed by atoms with Crippen LogP contribution in [0, 0.1) is 0 Å². The van der Waals surface area contributed by atoms with E-state index in [2.05, 4.69) is 4.98 Å². The Morgan fingerprint density at radius 2 is 1.72 bits per heavy atom. The summed E-state index contributed by atoms with van der Waals surface area (Å²) in [5.74, 6) is 0.690. The predicted molar refractivity (Wildman–Crippen MR) is 149 cm³/mol. The van der Waals surface area contributed by atoms with E-state index < -0.39 is 10.0 Å². The minimum absolute atomic E-state index is 0.0559. The Hall–Kier alpha value is -3.00. The third-order valence-electron chi connectivity index (χ3n) is 5.87. The normalized spacial score (nSPS) is 11.8. The fourth-order valence-electron chi connectivity index (χ4n) is 3.82. The lowest BCUT2D eigenvalue weighted by Gasteiger charge is -2.22. The number of benzene rings is 2. The minimum atomic E-state index is -3.84. The molecule has 0 fully saturated rings. The van der Waals surface area contributed by atoms with Crippen LogP contribution in [0.15, 0.2) is 64.1 Å². The number of ether oxygens (including phenoxy) is 3. The Bertz CT molecular complexity index is 1500. The number of aromatic nitrogens is 1. The van der Waals surface area contributed by atoms with Crippen LogP contribution in [0.4, 0.5) is 5.13 Å². The number of hydrogen-bond acceptors (Lipinski definition) is 9. The van der Waals surface area contributed by atoms with Gasteiger partial charge >= 0.3 is 0 Å². The van der Waals surface area contributed by atoms with Gasteiger partial charge in [-0.05, 0) is 48.5 Å². The second kappa shape index (κ2) is 12.9. The van der Waals surface area contributed by atoms with Gasteiger partial charge in [0.25, 0.3) is 5.91 Å². The summed E-state index contributed by atoms with van der Waals surface area (Å²) in [6, 6.07) is 12.7. The summed E-state index contributed by atoms with van der Waals surface area (Å²) in [5, 5.41) is 0.876. The molecule has 0 aliphatic heterocycles. The number of sulfonamides is 1. The first-order chi connectivity index (χ1) is 18.8. The van der Waals surface area contributed by atoms with Gasteiger partial charge in [0, 0.05) is 32.9 Å². The molecule has 0 saturated carbocycles. The number of carbonyl (C=O) groups excluding carboxylic acids is 1. The van der Waals surface area contributed by atoms with Crippen molar-refractivity contribution in [1.82, 2.24) is 9.29 Å². The van der Waals surface area contributed by atoms with Crippen LogP contribution in [-0.2, 0) is 26.0 Å². The van der Waals surface area contributed by atoms with Gasteiger partial charge in [0.2, 0.25) is 10.0 Å². The second-order valence-corrected chi connectivity index (χ2v) is 11.6. The molecule has 0 radical (unpaired) electrons. The van der Waals surface area contributed by atoms with Gasteiger partial charge in [0.1, 0.15) is 17.0 Å². The molecular formula is C26H28ClN3O7S2. The lowest BCUT2D eigenvalue weighted by Crippen LogP contribution is -2.36. The molecule has 4 aromatic rings. The van der Waals surface area contributed by atoms with Gasteiger partial charge in [-0.3, -0.25) is 9.69 Å². The van der Waals surface area contributed by atoms with Crippen molar-refractivity contribution in [3.8, 4) is 5.75 Å². The maximum atomic E-state index is 13.8. The SMILES string of the molecule is COCCN(CCOC)S(=O)(=O)c1ccc(C(=O)N(Cc2ccco2)c2nc3c(OC)ccc(Cl)c3s2)cc1. The molecule has 2 aromatic carbocycles. The highest BCUT2D eigenvalue weighted by atomic mass is 35.5. The van der Waals surface area contributed by atoms with Crippen LogP contribution >= 0.6 is 22.9 Å². The van der Waals surface area contributed by atoms with Gasteiger partial charge in [-0.15, -0.1) is 0 Å². The van der Waals surface area contributed by atoms with Crippen LogP contribution in [0.3, 0.4) is 0 Å². The molecule has 0 saturated heterocycles. The van der Waals surface area contributed by atoms with E-state index in [-0.39, 0.29) is 49.2 Å². The van der Waals surface area contributed by atoms with Crippen LogP contribution in [-0.4, -0.2) is 71.2 Å². The minimum Gasteiger partial charge on any atom is -0.494 e. The highest BCUT2D eigenvalue weighted by molar-refractivity contribution is 7.89. The number of methoxy groups -OCH3 is 3. The third-order valence-corrected chi connectivity index (χ3v) is 9.32. The molecule has 0 aliphatic rings. The average molecular weight is 594 g/mol. The summed E-state index contributed by atoms with van der Waals surface area (Å²) in [6.45, 7) is 0.913. The molecule has 4 rings (SSSR count). The monoisotopic (exact) mass is 593 g/mol. The molecule has 0 unspecified atom stereocenters. The van der Waals surface area contributed by atoms with Crippen molar-refractivity contribution in [2.45, 2.75) is 11.4 Å². The van der Waals surface area contributed by atoms with E-state index in [4.69, 9.17) is 30.2 Å². The first kappa shape index (κ1) is 29.0. The number of nitrogens with zero attached hydrogens (tertiary/aromatic N) is 3. The Morgan fingerprint density at radius 1 is 1.03 bits per heavy atom. The van der Waals surface area contributed by atoms with E-state index in [1.165, 1.54) is 72.4 Å². The first-order valence-electron chi connectivity index (χ1n) is 11.9. The van der Waals surface area contributed by atoms with Gasteiger partial charge in [-0.1, -0.05) is 22.9 Å². The molecule has 0 aliphatic carbocycles. The first-order valence-corrected chi connectivity index (χ1v) is 14.5. The molecule has 0 spiro atoms. The van der Waals surface area contributed by atoms with Gasteiger partial charge in [-0.25, -0.2) is 13.4 Å². The maximum absolute atomic E-state index is 13.8. The molecule has 13 heteroatoms. The number of thiazole rings is 1. The molecule has 10 nitrogen and oxygen atoms in total. The van der Waals surface area contributed by atoms with Crippen molar-refractivity contribution >= 4 is 54.2 Å². The Kier molecular flexibility index (Phi) is 9.59. The van der Waals surface area contributed by atoms with Crippen molar-refractivity contribution < 1.29 is 31.8 Å². The molecule has 0 bridgehead atoms. The average Bonchev–Trinajstić information content (AvgIpc) is 3.62. The van der Waals surface area contributed by atoms with Crippen LogP contribution in [0.5, 0.6) is 5.75 Å². The number of fused-ring (bicyclic) bond motifs is 1. The highest BCUT2D eigenvalue weighted by Gasteiger charge is 2.27. The molecular weight excluding hydrogens is 566 g/mol. The van der Waals surface area contributed by atoms with Gasteiger partial charge in [-0.2, -0.15) is 4.31 Å². The van der Waals surface area contributed by atoms with E-state index in [1.54, 1.807) is 24.3 Å². The van der Waals surface area contributed by atoms with E-state index in [0.29, 0.717) is 31.9 Å². The molecule has 2 aromatic heterocycles. The smallest absolute Gasteiger partial charge is 0.260 e. The largest absolute Gasteiger partial charge is 0.494 e. The van der Waals surface area contributed by atoms with Gasteiger partial charge in [0.15, 0.2) is 5.13 Å². The number of amides is 1. The van der Waals surface area contributed by atoms with E-state index >= 15 is 0 Å². The third kappa shape index (κ3) is 6.43. The van der Waals surface area contributed by atoms with Crippen molar-refractivity contribution in [3.05, 3.63) is 71.1 Å². The summed E-state index contributed by atoms with van der Waals surface area (Å²) in [7, 11) is 0.711. The standard InChI is InChI=1S/C26H28ClN3O7S2/c1-34-15-12-29(13-16-35-2)39(32,33)20-8-6-18(7-9-20)25(31)30(17-19-5-4-14-37-19)26-28-23-22(36-3)11-10-21(27)24(23)38-26/h4-11,14H,12-13,15-17H2,1-3H3. The van der Waals surface area contributed by atoms with Crippen LogP contribution in [0.25, 0.3) is 10.2 Å². The molecule has 39 heavy (non-hydrogen) atoms. The van der Waals surface area contributed by atoms with Gasteiger partial charge in [0.05, 0.1) is 47.7 Å². The van der Waals surface area contributed by atoms with Crippen molar-refractivity contribution in [2.24, 2.45) is 0 Å². The molecule has 0 atom stereocenters. The molecule has 208 valence electrons. The molecule has 1 amide bonds. The fraction of sp³-hybridized carbons (Fsp3) is 0.308. The van der Waals surface area contributed by atoms with Crippen molar-refractivity contribution in [3.63, 3.8) is 0 Å². The van der Waals surface area contributed by atoms with Crippen molar-refractivity contribution in [2.75, 3.05) is 52.5 Å². The zero-order valence-electron chi connectivity index (χ0n) is 21.6. The Labute approximate surface area is 235 Å². The summed E-state index contributed by atoms with van der Waals surface area (Å²) in [5.41, 5.74) is 0.814. The lowest BCUT2D eigenvalue weighted by atomic mass is 10.2. The lowest BCUT2D eigenvalue weighted by molar-refractivity contribution is 0.0983. The summed E-state index contributed by atoms with van der Waals surface area (Å²) < 4.78 is 49.5. The zero-order valence-corrected chi connectivity index (χ0v) is 24.0. The molecule has 2 heterocycles. The molecule has 0 N–H and O–H groups in total. The second-order valence-electron chi connectivity index (χ2n) is 8.31. The van der Waals surface area contributed by atoms with E-state index in [9.17, 15) is 13.2 Å². The van der Waals surface area contributed by atoms with Crippen LogP contribution in [0.1, 0.15) is 16.1 Å². The topological polar surface area (TPSA) is 111 Å². The summed E-state index contributed by atoms with van der Waals surface area (Å²) in [4.78, 5) is 19.9. The van der Waals surface area contributed by atoms with Crippen LogP contribution in [0.2, 0.25) is 5.02 Å². The number of furan rings is 1. The van der Waals surface area contributed by atoms with Crippen LogP contribution < -0.4 is 9.64 Å². The quantitative estimate of drug-likeness (QED) is 0.220. The summed E-state index contributed by atoms with van der Waals surface area (Å²) >= 11 is 7.66. The number of halogens is 1. The summed E-state index contributed by atoms with van der Waals surface area (Å²) in [6.07, 6.45) is 1.52. The number of carbonyl (C=O) groups is 1. The fourth-order valence-corrected chi connectivity index (χ4v) is 6.48. The van der Waals surface area contributed by atoms with E-state index in [1.807, 2.05) is 0 Å². The van der Waals surface area contributed by atoms with Crippen molar-refractivity contribution in [1.29, 1.82) is 0 Å². The zero-order chi connectivity index (χ0) is 28.0.